The molecule has 1 N–H and O–H groups in total. The van der Waals surface area contributed by atoms with Gasteiger partial charge in [-0.1, -0.05) is 41.4 Å². The molecule has 1 heterocycles. The van der Waals surface area contributed by atoms with E-state index in [9.17, 15) is 22.4 Å². The third-order valence-corrected chi connectivity index (χ3v) is 8.32. The average molecular weight is 632 g/mol. The van der Waals surface area contributed by atoms with Crippen molar-refractivity contribution in [2.45, 2.75) is 37.8 Å². The summed E-state index contributed by atoms with van der Waals surface area (Å²) in [6.07, 6.45) is -0.550. The van der Waals surface area contributed by atoms with Crippen molar-refractivity contribution in [2.75, 3.05) is 45.8 Å². The summed E-state index contributed by atoms with van der Waals surface area (Å²) in [5.41, 5.74) is 0.0299. The minimum atomic E-state index is -3.72. The first-order valence-electron chi connectivity index (χ1n) is 12.7. The first-order valence-corrected chi connectivity index (χ1v) is 15.1. The summed E-state index contributed by atoms with van der Waals surface area (Å²) in [6.45, 7) is 5.97. The zero-order valence-electron chi connectivity index (χ0n) is 23.2. The van der Waals surface area contributed by atoms with Gasteiger partial charge in [0.05, 0.1) is 34.6 Å². The molecule has 0 aromatic heterocycles. The van der Waals surface area contributed by atoms with Gasteiger partial charge in [-0.05, 0) is 39.0 Å². The Hall–Kier alpha value is -2.77. The Morgan fingerprint density at radius 3 is 2.61 bits per heavy atom. The Balaban J connectivity index is 1.45. The molecule has 2 aromatic carbocycles. The van der Waals surface area contributed by atoms with Crippen molar-refractivity contribution >= 4 is 50.9 Å². The largest absolute Gasteiger partial charge is 0.443 e. The number of aliphatic imine (C=N–C) groups is 1. The zero-order valence-corrected chi connectivity index (χ0v) is 25.6. The van der Waals surface area contributed by atoms with Gasteiger partial charge < -0.3 is 19.7 Å². The molecule has 0 radical (unpaired) electrons. The molecule has 0 fully saturated rings. The molecule has 224 valence electrons. The van der Waals surface area contributed by atoms with Crippen molar-refractivity contribution < 1.29 is 31.9 Å². The van der Waals surface area contributed by atoms with E-state index in [2.05, 4.69) is 10.3 Å². The molecular weight excluding hydrogens is 598 g/mol. The Morgan fingerprint density at radius 1 is 1.20 bits per heavy atom. The number of amidine groups is 1. The molecule has 3 rings (SSSR count). The third kappa shape index (κ3) is 9.11. The van der Waals surface area contributed by atoms with Crippen LogP contribution >= 0.6 is 23.2 Å². The highest BCUT2D eigenvalue weighted by Crippen LogP contribution is 2.29. The van der Waals surface area contributed by atoms with E-state index >= 15 is 0 Å². The van der Waals surface area contributed by atoms with Crippen LogP contribution in [0.1, 0.15) is 31.9 Å². The average Bonchev–Trinajstić information content (AvgIpc) is 3.38. The topological polar surface area (TPSA) is 118 Å². The standard InChI is InChI=1S/C27H33Cl2FN4O6S/c1-27(2,3)40-26(36)34-12-10-32-25(34)18-8-9-19(21(30)14-18)15-33(4)23(35)16-39-13-11-31-17-41(37,38)22-7-5-6-20(28)24(22)29/h5-9,14,31H,10-13,15-17H2,1-4H3. The maximum atomic E-state index is 15.0. The summed E-state index contributed by atoms with van der Waals surface area (Å²) in [4.78, 5) is 31.9. The first kappa shape index (κ1) is 32.7. The van der Waals surface area contributed by atoms with Gasteiger partial charge in [0.25, 0.3) is 0 Å². The van der Waals surface area contributed by atoms with Gasteiger partial charge in [0.1, 0.15) is 29.7 Å². The molecule has 2 aromatic rings. The lowest BCUT2D eigenvalue weighted by Gasteiger charge is -2.25. The van der Waals surface area contributed by atoms with Crippen LogP contribution in [0.5, 0.6) is 0 Å². The SMILES string of the molecule is CN(Cc1ccc(C2=NCCN2C(=O)OC(C)(C)C)cc1F)C(=O)COCCNCS(=O)(=O)c1cccc(Cl)c1Cl. The lowest BCUT2D eigenvalue weighted by atomic mass is 10.1. The molecule has 0 unspecified atom stereocenters. The summed E-state index contributed by atoms with van der Waals surface area (Å²) in [7, 11) is -2.20. The van der Waals surface area contributed by atoms with E-state index in [1.807, 2.05) is 0 Å². The second kappa shape index (κ2) is 13.9. The number of carbonyl (C=O) groups is 2. The highest BCUT2D eigenvalue weighted by Gasteiger charge is 2.30. The normalized spacial score (nSPS) is 13.7. The van der Waals surface area contributed by atoms with E-state index in [0.717, 1.165) is 0 Å². The maximum absolute atomic E-state index is 15.0. The number of carbonyl (C=O) groups excluding carboxylic acids is 2. The van der Waals surface area contributed by atoms with Crippen molar-refractivity contribution in [3.05, 3.63) is 63.4 Å². The Kier molecular flexibility index (Phi) is 11.1. The van der Waals surface area contributed by atoms with Gasteiger partial charge in [0, 0.05) is 31.3 Å². The highest BCUT2D eigenvalue weighted by molar-refractivity contribution is 7.91. The smallest absolute Gasteiger partial charge is 0.416 e. The van der Waals surface area contributed by atoms with E-state index in [4.69, 9.17) is 32.7 Å². The molecule has 41 heavy (non-hydrogen) atoms. The number of sulfone groups is 1. The monoisotopic (exact) mass is 630 g/mol. The minimum Gasteiger partial charge on any atom is -0.443 e. The fraction of sp³-hybridized carbons (Fsp3) is 0.444. The number of rotatable bonds is 11. The lowest BCUT2D eigenvalue weighted by molar-refractivity contribution is -0.135. The third-order valence-electron chi connectivity index (χ3n) is 5.79. The van der Waals surface area contributed by atoms with E-state index in [0.29, 0.717) is 24.5 Å². The van der Waals surface area contributed by atoms with Gasteiger partial charge in [-0.3, -0.25) is 14.7 Å². The molecular formula is C27H33Cl2FN4O6S. The van der Waals surface area contributed by atoms with Crippen LogP contribution < -0.4 is 5.32 Å². The number of hydrogen-bond donors (Lipinski definition) is 1. The predicted molar refractivity (Wildman–Crippen MR) is 155 cm³/mol. The van der Waals surface area contributed by atoms with E-state index in [1.54, 1.807) is 32.9 Å². The number of halogens is 3. The second-order valence-corrected chi connectivity index (χ2v) is 13.0. The predicted octanol–water partition coefficient (Wildman–Crippen LogP) is 4.13. The molecule has 1 aliphatic rings. The maximum Gasteiger partial charge on any atom is 0.416 e. The van der Waals surface area contributed by atoms with Crippen LogP contribution in [-0.2, 0) is 30.7 Å². The fourth-order valence-electron chi connectivity index (χ4n) is 3.77. The van der Waals surface area contributed by atoms with E-state index < -0.39 is 27.3 Å². The fourth-order valence-corrected chi connectivity index (χ4v) is 5.72. The van der Waals surface area contributed by atoms with Crippen LogP contribution in [-0.4, -0.2) is 87.4 Å². The van der Waals surface area contributed by atoms with Gasteiger partial charge in [0.15, 0.2) is 9.84 Å². The number of nitrogens with one attached hydrogen (secondary N) is 1. The van der Waals surface area contributed by atoms with Crippen molar-refractivity contribution in [1.82, 2.24) is 15.1 Å². The van der Waals surface area contributed by atoms with Crippen molar-refractivity contribution in [3.8, 4) is 0 Å². The second-order valence-electron chi connectivity index (χ2n) is 10.3. The van der Waals surface area contributed by atoms with Crippen LogP contribution in [0.4, 0.5) is 9.18 Å². The van der Waals surface area contributed by atoms with Crippen LogP contribution in [0.25, 0.3) is 0 Å². The van der Waals surface area contributed by atoms with Gasteiger partial charge >= 0.3 is 6.09 Å². The summed E-state index contributed by atoms with van der Waals surface area (Å²) < 4.78 is 50.6. The van der Waals surface area contributed by atoms with Crippen LogP contribution in [0.3, 0.4) is 0 Å². The number of amides is 2. The quantitative estimate of drug-likeness (QED) is 0.371. The Labute approximate surface area is 249 Å². The van der Waals surface area contributed by atoms with Crippen LogP contribution in [0, 0.1) is 5.82 Å². The molecule has 2 amide bonds. The zero-order chi connectivity index (χ0) is 30.4. The van der Waals surface area contributed by atoms with Crippen molar-refractivity contribution in [3.63, 3.8) is 0 Å². The summed E-state index contributed by atoms with van der Waals surface area (Å²) in [5, 5.41) is 2.84. The summed E-state index contributed by atoms with van der Waals surface area (Å²) >= 11 is 11.9. The molecule has 0 saturated heterocycles. The number of nitrogens with zero attached hydrogens (tertiary/aromatic N) is 3. The van der Waals surface area contributed by atoms with E-state index in [1.165, 1.54) is 41.1 Å². The molecule has 0 spiro atoms. The minimum absolute atomic E-state index is 0.00650. The molecule has 0 atom stereocenters. The highest BCUT2D eigenvalue weighted by atomic mass is 35.5. The van der Waals surface area contributed by atoms with Gasteiger partial charge in [-0.2, -0.15) is 0 Å². The lowest BCUT2D eigenvalue weighted by Crippen LogP contribution is -2.39. The van der Waals surface area contributed by atoms with Gasteiger partial charge in [-0.15, -0.1) is 0 Å². The van der Waals surface area contributed by atoms with Crippen LogP contribution in [0.2, 0.25) is 10.0 Å². The van der Waals surface area contributed by atoms with Gasteiger partial charge in [0.2, 0.25) is 5.91 Å². The molecule has 0 saturated carbocycles. The molecule has 0 aliphatic carbocycles. The number of benzene rings is 2. The first-order chi connectivity index (χ1) is 19.2. The van der Waals surface area contributed by atoms with Crippen LogP contribution in [0.15, 0.2) is 46.3 Å². The van der Waals surface area contributed by atoms with Crippen molar-refractivity contribution in [1.29, 1.82) is 0 Å². The molecule has 14 heteroatoms. The van der Waals surface area contributed by atoms with Gasteiger partial charge in [-0.25, -0.2) is 17.6 Å². The number of hydrogen-bond acceptors (Lipinski definition) is 8. The Morgan fingerprint density at radius 2 is 1.93 bits per heavy atom. The molecule has 10 nitrogen and oxygen atoms in total. The molecule has 0 bridgehead atoms. The number of ether oxygens (including phenoxy) is 2. The Bertz CT molecular complexity index is 1420. The van der Waals surface area contributed by atoms with E-state index in [-0.39, 0.29) is 58.6 Å². The summed E-state index contributed by atoms with van der Waals surface area (Å²) in [5.74, 6) is -0.990. The van der Waals surface area contributed by atoms with Crippen molar-refractivity contribution in [2.24, 2.45) is 4.99 Å². The number of likely N-dealkylation sites (N-methyl/N-ethyl adjacent to an activating group) is 1. The molecule has 1 aliphatic heterocycles. The summed E-state index contributed by atoms with van der Waals surface area (Å²) in [6, 6.07) is 8.83.